The molecule has 3 heteroatoms. The van der Waals surface area contributed by atoms with Crippen LogP contribution in [0, 0.1) is 12.8 Å². The van der Waals surface area contributed by atoms with Crippen LogP contribution in [0.1, 0.15) is 36.8 Å². The van der Waals surface area contributed by atoms with Crippen LogP contribution in [0.3, 0.4) is 0 Å². The summed E-state index contributed by atoms with van der Waals surface area (Å²) >= 11 is 0. The summed E-state index contributed by atoms with van der Waals surface area (Å²) in [5, 5.41) is 0. The summed E-state index contributed by atoms with van der Waals surface area (Å²) in [5.74, 6) is 1.06. The number of hydrogen-bond acceptors (Lipinski definition) is 2. The molecule has 2 atom stereocenters. The second kappa shape index (κ2) is 5.09. The van der Waals surface area contributed by atoms with Gasteiger partial charge in [-0.3, -0.25) is 4.79 Å². The Morgan fingerprint density at radius 3 is 2.45 bits per heavy atom. The molecule has 3 saturated heterocycles. The Hall–Kier alpha value is -1.35. The normalized spacial score (nSPS) is 30.2. The SMILES string of the molecule is Cc1ccc(C2(C(=O)N3C[C@@H]4CC[C@H](C3)N(C)C4)CC2)cc1. The molecule has 22 heavy (non-hydrogen) atoms. The highest BCUT2D eigenvalue weighted by Gasteiger charge is 2.53. The molecule has 1 aliphatic carbocycles. The fourth-order valence-corrected chi connectivity index (χ4v) is 4.41. The molecule has 5 rings (SSSR count). The number of rotatable bonds is 2. The molecule has 0 radical (unpaired) electrons. The third-order valence-corrected chi connectivity index (χ3v) is 6.04. The van der Waals surface area contributed by atoms with Crippen LogP contribution in [0.25, 0.3) is 0 Å². The van der Waals surface area contributed by atoms with E-state index in [2.05, 4.69) is 48.0 Å². The molecule has 1 saturated carbocycles. The molecule has 2 bridgehead atoms. The Labute approximate surface area is 133 Å². The predicted molar refractivity (Wildman–Crippen MR) is 87.8 cm³/mol. The largest absolute Gasteiger partial charge is 0.340 e. The highest BCUT2D eigenvalue weighted by molar-refractivity contribution is 5.91. The maximum atomic E-state index is 13.3. The highest BCUT2D eigenvalue weighted by Crippen LogP contribution is 2.50. The summed E-state index contributed by atoms with van der Waals surface area (Å²) in [5.41, 5.74) is 2.30. The van der Waals surface area contributed by atoms with Gasteiger partial charge < -0.3 is 9.80 Å². The number of amides is 1. The van der Waals surface area contributed by atoms with Crippen molar-refractivity contribution in [2.24, 2.45) is 5.92 Å². The first-order valence-corrected chi connectivity index (χ1v) is 8.65. The van der Waals surface area contributed by atoms with Crippen LogP contribution in [0.15, 0.2) is 24.3 Å². The average Bonchev–Trinajstić information content (AvgIpc) is 3.32. The second-order valence-electron chi connectivity index (χ2n) is 7.70. The predicted octanol–water partition coefficient (Wildman–Crippen LogP) is 2.58. The summed E-state index contributed by atoms with van der Waals surface area (Å²) < 4.78 is 0. The van der Waals surface area contributed by atoms with Gasteiger partial charge in [-0.2, -0.15) is 0 Å². The van der Waals surface area contributed by atoms with Crippen molar-refractivity contribution in [1.82, 2.24) is 9.80 Å². The van der Waals surface area contributed by atoms with Crippen LogP contribution < -0.4 is 0 Å². The molecule has 0 N–H and O–H groups in total. The van der Waals surface area contributed by atoms with Crippen LogP contribution in [0.2, 0.25) is 0 Å². The molecule has 0 unspecified atom stereocenters. The first-order valence-electron chi connectivity index (χ1n) is 8.65. The van der Waals surface area contributed by atoms with Gasteiger partial charge in [-0.15, -0.1) is 0 Å². The van der Waals surface area contributed by atoms with Gasteiger partial charge in [0.2, 0.25) is 5.91 Å². The molecule has 0 spiro atoms. The van der Waals surface area contributed by atoms with Crippen molar-refractivity contribution in [2.75, 3.05) is 26.7 Å². The second-order valence-corrected chi connectivity index (χ2v) is 7.70. The quantitative estimate of drug-likeness (QED) is 0.838. The first-order chi connectivity index (χ1) is 10.6. The Balaban J connectivity index is 1.58. The number of aryl methyl sites for hydroxylation is 1. The number of benzene rings is 1. The van der Waals surface area contributed by atoms with Gasteiger partial charge in [-0.1, -0.05) is 29.8 Å². The maximum Gasteiger partial charge on any atom is 0.233 e. The molecule has 3 nitrogen and oxygen atoms in total. The zero-order valence-corrected chi connectivity index (χ0v) is 13.7. The van der Waals surface area contributed by atoms with Crippen molar-refractivity contribution in [3.63, 3.8) is 0 Å². The van der Waals surface area contributed by atoms with Crippen molar-refractivity contribution >= 4 is 5.91 Å². The van der Waals surface area contributed by atoms with Gasteiger partial charge in [0.1, 0.15) is 0 Å². The Bertz CT molecular complexity index is 576. The monoisotopic (exact) mass is 298 g/mol. The van der Waals surface area contributed by atoms with Crippen LogP contribution in [-0.4, -0.2) is 48.4 Å². The Morgan fingerprint density at radius 1 is 1.09 bits per heavy atom. The van der Waals surface area contributed by atoms with Crippen molar-refractivity contribution in [3.05, 3.63) is 35.4 Å². The lowest BCUT2D eigenvalue weighted by atomic mass is 9.93. The number of fused-ring (bicyclic) bond motifs is 4. The van der Waals surface area contributed by atoms with E-state index in [0.29, 0.717) is 17.9 Å². The van der Waals surface area contributed by atoms with E-state index in [-0.39, 0.29) is 5.41 Å². The van der Waals surface area contributed by atoms with E-state index in [0.717, 1.165) is 32.5 Å². The van der Waals surface area contributed by atoms with Crippen LogP contribution >= 0.6 is 0 Å². The molecular weight excluding hydrogens is 272 g/mol. The van der Waals surface area contributed by atoms with Gasteiger partial charge in [-0.05, 0) is 51.1 Å². The minimum Gasteiger partial charge on any atom is -0.340 e. The lowest BCUT2D eigenvalue weighted by molar-refractivity contribution is -0.134. The third-order valence-electron chi connectivity index (χ3n) is 6.04. The van der Waals surface area contributed by atoms with Gasteiger partial charge in [0.05, 0.1) is 5.41 Å². The average molecular weight is 298 g/mol. The van der Waals surface area contributed by atoms with Crippen molar-refractivity contribution < 1.29 is 4.79 Å². The number of carbonyl (C=O) groups is 1. The summed E-state index contributed by atoms with van der Waals surface area (Å²) in [6, 6.07) is 9.18. The summed E-state index contributed by atoms with van der Waals surface area (Å²) in [6.07, 6.45) is 4.59. The van der Waals surface area contributed by atoms with E-state index >= 15 is 0 Å². The molecule has 0 aromatic heterocycles. The smallest absolute Gasteiger partial charge is 0.233 e. The standard InChI is InChI=1S/C19H26N2O/c1-14-3-6-16(7-4-14)19(9-10-19)18(22)21-12-15-5-8-17(13-21)20(2)11-15/h3-4,6-7,15,17H,5,8-13H2,1-2H3/t15-,17-/m1/s1. The molecule has 4 fully saturated rings. The zero-order valence-electron chi connectivity index (χ0n) is 13.7. The van der Waals surface area contributed by atoms with Gasteiger partial charge >= 0.3 is 0 Å². The Morgan fingerprint density at radius 2 is 1.82 bits per heavy atom. The molecule has 1 amide bonds. The van der Waals surface area contributed by atoms with Crippen LogP contribution in [-0.2, 0) is 10.2 Å². The number of likely N-dealkylation sites (N-methyl/N-ethyl adjacent to an activating group) is 1. The summed E-state index contributed by atoms with van der Waals surface area (Å²) in [4.78, 5) is 17.9. The van der Waals surface area contributed by atoms with Crippen molar-refractivity contribution in [1.29, 1.82) is 0 Å². The van der Waals surface area contributed by atoms with Gasteiger partial charge in [0.15, 0.2) is 0 Å². The molecule has 4 aliphatic rings. The first kappa shape index (κ1) is 14.3. The maximum absolute atomic E-state index is 13.3. The lowest BCUT2D eigenvalue weighted by Crippen LogP contribution is -2.44. The van der Waals surface area contributed by atoms with Gasteiger partial charge in [0.25, 0.3) is 0 Å². The van der Waals surface area contributed by atoms with E-state index in [1.807, 2.05) is 0 Å². The van der Waals surface area contributed by atoms with E-state index < -0.39 is 0 Å². The molecule has 1 aromatic carbocycles. The molecule has 3 aliphatic heterocycles. The number of piperidine rings is 1. The van der Waals surface area contributed by atoms with Gasteiger partial charge in [-0.25, -0.2) is 0 Å². The minimum absolute atomic E-state index is 0.198. The molecular formula is C19H26N2O. The number of hydrogen-bond donors (Lipinski definition) is 0. The minimum atomic E-state index is -0.198. The van der Waals surface area contributed by atoms with E-state index in [9.17, 15) is 4.79 Å². The number of nitrogens with zero attached hydrogens (tertiary/aromatic N) is 2. The molecule has 3 heterocycles. The third kappa shape index (κ3) is 2.26. The molecule has 1 aromatic rings. The van der Waals surface area contributed by atoms with Crippen molar-refractivity contribution in [2.45, 2.75) is 44.1 Å². The fourth-order valence-electron chi connectivity index (χ4n) is 4.41. The summed E-state index contributed by atoms with van der Waals surface area (Å²) in [6.45, 7) is 5.16. The fraction of sp³-hybridized carbons (Fsp3) is 0.632. The van der Waals surface area contributed by atoms with Crippen LogP contribution in [0.4, 0.5) is 0 Å². The highest BCUT2D eigenvalue weighted by atomic mass is 16.2. The van der Waals surface area contributed by atoms with E-state index in [1.165, 1.54) is 24.0 Å². The van der Waals surface area contributed by atoms with Crippen molar-refractivity contribution in [3.8, 4) is 0 Å². The lowest BCUT2D eigenvalue weighted by Gasteiger charge is -2.32. The summed E-state index contributed by atoms with van der Waals surface area (Å²) in [7, 11) is 2.22. The van der Waals surface area contributed by atoms with E-state index in [1.54, 1.807) is 0 Å². The zero-order chi connectivity index (χ0) is 15.3. The molecule has 118 valence electrons. The topological polar surface area (TPSA) is 23.6 Å². The number of carbonyl (C=O) groups excluding carboxylic acids is 1. The van der Waals surface area contributed by atoms with E-state index in [4.69, 9.17) is 0 Å². The Kier molecular flexibility index (Phi) is 3.30. The van der Waals surface area contributed by atoms with Gasteiger partial charge in [0, 0.05) is 25.7 Å². The van der Waals surface area contributed by atoms with Crippen LogP contribution in [0.5, 0.6) is 0 Å².